The number of aliphatic hydroxyl groups is 1. The van der Waals surface area contributed by atoms with Crippen molar-refractivity contribution in [3.8, 4) is 0 Å². The molecule has 0 heterocycles. The third kappa shape index (κ3) is 4.73. The van der Waals surface area contributed by atoms with Gasteiger partial charge >= 0.3 is 0 Å². The number of nitrogens with two attached hydrogens (primary N) is 1. The first-order valence-electron chi connectivity index (χ1n) is 3.63. The molecule has 0 aliphatic carbocycles. The van der Waals surface area contributed by atoms with Crippen LogP contribution in [0.2, 0.25) is 0 Å². The van der Waals surface area contributed by atoms with Crippen molar-refractivity contribution in [3.05, 3.63) is 0 Å². The summed E-state index contributed by atoms with van der Waals surface area (Å²) in [5, 5.41) is 8.63. The van der Waals surface area contributed by atoms with Gasteiger partial charge in [-0.1, -0.05) is 13.8 Å². The minimum absolute atomic E-state index is 0.0171. The molecule has 0 aliphatic heterocycles. The summed E-state index contributed by atoms with van der Waals surface area (Å²) < 4.78 is 5.23. The average molecular weight is 147 g/mol. The summed E-state index contributed by atoms with van der Waals surface area (Å²) in [6.07, 6.45) is -0.178. The van der Waals surface area contributed by atoms with Gasteiger partial charge in [-0.3, -0.25) is 0 Å². The monoisotopic (exact) mass is 147 g/mol. The first-order valence-corrected chi connectivity index (χ1v) is 3.63. The van der Waals surface area contributed by atoms with Crippen molar-refractivity contribution < 1.29 is 9.84 Å². The maximum absolute atomic E-state index is 8.63. The molecule has 0 saturated carbocycles. The summed E-state index contributed by atoms with van der Waals surface area (Å²) in [5.41, 5.74) is 5.28. The molecule has 1 atom stereocenters. The van der Waals surface area contributed by atoms with Crippen LogP contribution in [-0.4, -0.2) is 31.0 Å². The van der Waals surface area contributed by atoms with Gasteiger partial charge in [0, 0.05) is 13.2 Å². The van der Waals surface area contributed by atoms with Crippen molar-refractivity contribution in [3.63, 3.8) is 0 Å². The molecule has 0 spiro atoms. The van der Waals surface area contributed by atoms with Gasteiger partial charge in [0.25, 0.3) is 0 Å². The Morgan fingerprint density at radius 1 is 1.50 bits per heavy atom. The predicted octanol–water partition coefficient (Wildman–Crippen LogP) is -0.0214. The topological polar surface area (TPSA) is 55.5 Å². The Labute approximate surface area is 62.2 Å². The molecular weight excluding hydrogens is 130 g/mol. The van der Waals surface area contributed by atoms with E-state index in [0.717, 1.165) is 0 Å². The third-order valence-corrected chi connectivity index (χ3v) is 1.13. The summed E-state index contributed by atoms with van der Waals surface area (Å²) in [4.78, 5) is 0. The van der Waals surface area contributed by atoms with E-state index in [1.54, 1.807) is 0 Å². The Morgan fingerprint density at radius 2 is 2.10 bits per heavy atom. The highest BCUT2D eigenvalue weighted by Crippen LogP contribution is 1.95. The molecule has 0 rings (SSSR count). The van der Waals surface area contributed by atoms with Crippen LogP contribution in [0.25, 0.3) is 0 Å². The Kier molecular flexibility index (Phi) is 5.58. The Bertz CT molecular complexity index is 72.0. The van der Waals surface area contributed by atoms with Crippen molar-refractivity contribution in [1.82, 2.24) is 0 Å². The van der Waals surface area contributed by atoms with E-state index in [2.05, 4.69) is 13.8 Å². The highest BCUT2D eigenvalue weighted by Gasteiger charge is 2.04. The van der Waals surface area contributed by atoms with Gasteiger partial charge in [-0.2, -0.15) is 0 Å². The molecule has 1 unspecified atom stereocenters. The number of aliphatic hydroxyl groups excluding tert-OH is 1. The van der Waals surface area contributed by atoms with Crippen LogP contribution in [0.4, 0.5) is 0 Å². The third-order valence-electron chi connectivity index (χ3n) is 1.13. The lowest BCUT2D eigenvalue weighted by Crippen LogP contribution is -2.28. The van der Waals surface area contributed by atoms with Crippen molar-refractivity contribution in [2.75, 3.05) is 19.8 Å². The van der Waals surface area contributed by atoms with Crippen LogP contribution in [-0.2, 0) is 4.74 Å². The summed E-state index contributed by atoms with van der Waals surface area (Å²) in [7, 11) is 0. The van der Waals surface area contributed by atoms with Crippen LogP contribution in [0, 0.1) is 5.92 Å². The molecule has 0 amide bonds. The molecule has 0 bridgehead atoms. The van der Waals surface area contributed by atoms with E-state index in [0.29, 0.717) is 19.1 Å². The van der Waals surface area contributed by atoms with E-state index >= 15 is 0 Å². The molecular formula is C7H17NO2. The first-order chi connectivity index (χ1) is 4.70. The van der Waals surface area contributed by atoms with Crippen LogP contribution >= 0.6 is 0 Å². The highest BCUT2D eigenvalue weighted by molar-refractivity contribution is 4.55. The second kappa shape index (κ2) is 5.65. The molecule has 62 valence electrons. The Morgan fingerprint density at radius 3 is 2.40 bits per heavy atom. The zero-order valence-corrected chi connectivity index (χ0v) is 6.71. The average Bonchev–Trinajstić information content (AvgIpc) is 1.90. The molecule has 0 aliphatic rings. The van der Waals surface area contributed by atoms with E-state index < -0.39 is 0 Å². The molecule has 0 fully saturated rings. The summed E-state index contributed by atoms with van der Waals surface area (Å²) in [6.45, 7) is 5.20. The van der Waals surface area contributed by atoms with Gasteiger partial charge in [0.05, 0.1) is 12.7 Å². The summed E-state index contributed by atoms with van der Waals surface area (Å²) in [6, 6.07) is 0. The number of rotatable bonds is 5. The van der Waals surface area contributed by atoms with E-state index in [-0.39, 0.29) is 12.7 Å². The maximum Gasteiger partial charge on any atom is 0.0927 e. The van der Waals surface area contributed by atoms with Gasteiger partial charge < -0.3 is 15.6 Å². The van der Waals surface area contributed by atoms with Crippen LogP contribution in [0.15, 0.2) is 0 Å². The second-order valence-corrected chi connectivity index (χ2v) is 2.77. The van der Waals surface area contributed by atoms with Crippen molar-refractivity contribution in [2.45, 2.75) is 20.0 Å². The minimum Gasteiger partial charge on any atom is -0.394 e. The van der Waals surface area contributed by atoms with Crippen molar-refractivity contribution in [1.29, 1.82) is 0 Å². The summed E-state index contributed by atoms with van der Waals surface area (Å²) in [5.74, 6) is 0.501. The predicted molar refractivity (Wildman–Crippen MR) is 40.7 cm³/mol. The molecule has 3 N–H and O–H groups in total. The largest absolute Gasteiger partial charge is 0.394 e. The van der Waals surface area contributed by atoms with E-state index in [4.69, 9.17) is 15.6 Å². The van der Waals surface area contributed by atoms with Gasteiger partial charge in [0.1, 0.15) is 0 Å². The van der Waals surface area contributed by atoms with Crippen LogP contribution in [0.3, 0.4) is 0 Å². The van der Waals surface area contributed by atoms with Crippen molar-refractivity contribution in [2.24, 2.45) is 11.7 Å². The lowest BCUT2D eigenvalue weighted by Gasteiger charge is -2.14. The summed E-state index contributed by atoms with van der Waals surface area (Å²) >= 11 is 0. The minimum atomic E-state index is -0.178. The first kappa shape index (κ1) is 9.88. The molecule has 0 aromatic carbocycles. The van der Waals surface area contributed by atoms with Gasteiger partial charge in [0.15, 0.2) is 0 Å². The fourth-order valence-corrected chi connectivity index (χ4v) is 0.524. The zero-order chi connectivity index (χ0) is 7.98. The normalized spacial score (nSPS) is 14.1. The molecule has 0 aromatic heterocycles. The fraction of sp³-hybridized carbons (Fsp3) is 1.00. The Hall–Kier alpha value is -0.120. The standard InChI is InChI=1S/C7H17NO2/c1-6(2)5-10-7(3-8)4-9/h6-7,9H,3-5,8H2,1-2H3. The maximum atomic E-state index is 8.63. The van der Waals surface area contributed by atoms with Crippen LogP contribution in [0.1, 0.15) is 13.8 Å². The van der Waals surface area contributed by atoms with E-state index in [1.165, 1.54) is 0 Å². The lowest BCUT2D eigenvalue weighted by molar-refractivity contribution is 0.00597. The SMILES string of the molecule is CC(C)COC(CN)CO. The smallest absolute Gasteiger partial charge is 0.0927 e. The van der Waals surface area contributed by atoms with Crippen LogP contribution < -0.4 is 5.73 Å². The Balaban J connectivity index is 3.26. The molecule has 10 heavy (non-hydrogen) atoms. The molecule has 0 aromatic rings. The van der Waals surface area contributed by atoms with Crippen LogP contribution in [0.5, 0.6) is 0 Å². The van der Waals surface area contributed by atoms with Gasteiger partial charge in [-0.25, -0.2) is 0 Å². The van der Waals surface area contributed by atoms with Gasteiger partial charge in [-0.15, -0.1) is 0 Å². The van der Waals surface area contributed by atoms with E-state index in [1.807, 2.05) is 0 Å². The zero-order valence-electron chi connectivity index (χ0n) is 6.71. The van der Waals surface area contributed by atoms with E-state index in [9.17, 15) is 0 Å². The highest BCUT2D eigenvalue weighted by atomic mass is 16.5. The molecule has 0 radical (unpaired) electrons. The van der Waals surface area contributed by atoms with Gasteiger partial charge in [-0.05, 0) is 5.92 Å². The fourth-order valence-electron chi connectivity index (χ4n) is 0.524. The van der Waals surface area contributed by atoms with Crippen molar-refractivity contribution >= 4 is 0 Å². The quantitative estimate of drug-likeness (QED) is 0.574. The molecule has 3 heteroatoms. The molecule has 0 saturated heterocycles. The molecule has 3 nitrogen and oxygen atoms in total. The second-order valence-electron chi connectivity index (χ2n) is 2.77. The lowest BCUT2D eigenvalue weighted by atomic mass is 10.2. The van der Waals surface area contributed by atoms with Gasteiger partial charge in [0.2, 0.25) is 0 Å². The number of hydrogen-bond donors (Lipinski definition) is 2. The number of ether oxygens (including phenoxy) is 1. The number of hydrogen-bond acceptors (Lipinski definition) is 3.